The van der Waals surface area contributed by atoms with Gasteiger partial charge in [-0.2, -0.15) is 0 Å². The number of aryl methyl sites for hydroxylation is 6. The van der Waals surface area contributed by atoms with E-state index in [1.807, 2.05) is 58.6 Å². The topological polar surface area (TPSA) is 105 Å². The van der Waals surface area contributed by atoms with Gasteiger partial charge in [-0.25, -0.2) is 0 Å². The minimum absolute atomic E-state index is 0.250. The van der Waals surface area contributed by atoms with Crippen LogP contribution in [0.2, 0.25) is 0 Å². The Bertz CT molecular complexity index is 3480. The van der Waals surface area contributed by atoms with E-state index in [0.29, 0.717) is 118 Å². The molecule has 0 saturated heterocycles. The molecule has 106 heavy (non-hydrogen) atoms. The van der Waals surface area contributed by atoms with Gasteiger partial charge >= 0.3 is 0 Å². The van der Waals surface area contributed by atoms with Crippen molar-refractivity contribution in [1.82, 2.24) is 0 Å². The molecule has 0 N–H and O–H groups in total. The summed E-state index contributed by atoms with van der Waals surface area (Å²) in [4.78, 5) is 0. The predicted molar refractivity (Wildman–Crippen MR) is 454 cm³/mol. The molecule has 9 rings (SSSR count). The first-order valence-corrected chi connectivity index (χ1v) is 41.6. The Morgan fingerprint density at radius 3 is 1.03 bits per heavy atom. The summed E-state index contributed by atoms with van der Waals surface area (Å²) in [5.41, 5.74) is 5.64. The Hall–Kier alpha value is -5.76. The number of rotatable bonds is 23. The average molecular weight is 1470 g/mol. The zero-order valence-electron chi connectivity index (χ0n) is 75.5. The highest BCUT2D eigenvalue weighted by atomic mass is 16.4. The molecule has 8 aromatic heterocycles. The van der Waals surface area contributed by atoms with Crippen molar-refractivity contribution in [3.05, 3.63) is 189 Å². The summed E-state index contributed by atoms with van der Waals surface area (Å²) in [6.45, 7) is 86.4. The van der Waals surface area contributed by atoms with E-state index in [1.54, 1.807) is 6.26 Å². The zero-order chi connectivity index (χ0) is 81.2. The van der Waals surface area contributed by atoms with Crippen LogP contribution in [0, 0.1) is 117 Å². The van der Waals surface area contributed by atoms with E-state index < -0.39 is 0 Å². The van der Waals surface area contributed by atoms with E-state index >= 15 is 0 Å². The fourth-order valence-electron chi connectivity index (χ4n) is 15.8. The van der Waals surface area contributed by atoms with Crippen LogP contribution in [0.4, 0.5) is 0 Å². The fraction of sp³-hybridized carbons (Fsp3) is 0.673. The summed E-state index contributed by atoms with van der Waals surface area (Å²) in [6.07, 6.45) is 12.5. The van der Waals surface area contributed by atoms with E-state index in [1.165, 1.54) is 40.9 Å². The van der Waals surface area contributed by atoms with Gasteiger partial charge in [-0.3, -0.25) is 0 Å². The first-order chi connectivity index (χ1) is 49.1. The molecular weight excluding hydrogens is 1310 g/mol. The monoisotopic (exact) mass is 1470 g/mol. The lowest BCUT2D eigenvalue weighted by molar-refractivity contribution is 0.222. The highest BCUT2D eigenvalue weighted by molar-refractivity contribution is 5.24. The quantitative estimate of drug-likeness (QED) is 0.0624. The first kappa shape index (κ1) is 96.3. The summed E-state index contributed by atoms with van der Waals surface area (Å²) in [5.74, 6) is 26.2. The Kier molecular flexibility index (Phi) is 41.3. The summed E-state index contributed by atoms with van der Waals surface area (Å²) >= 11 is 0. The van der Waals surface area contributed by atoms with Crippen molar-refractivity contribution < 1.29 is 35.3 Å². The molecule has 0 aromatic carbocycles. The van der Waals surface area contributed by atoms with Gasteiger partial charge in [-0.1, -0.05) is 228 Å². The maximum absolute atomic E-state index is 5.80. The second-order valence-electron chi connectivity index (χ2n) is 37.5. The Labute approximate surface area is 651 Å². The smallest absolute Gasteiger partial charge is 0.108 e. The van der Waals surface area contributed by atoms with Gasteiger partial charge in [-0.15, -0.1) is 0 Å². The van der Waals surface area contributed by atoms with Crippen LogP contribution in [0.5, 0.6) is 0 Å². The average Bonchev–Trinajstić information content (AvgIpc) is 1.79. The third kappa shape index (κ3) is 32.1. The van der Waals surface area contributed by atoms with Crippen LogP contribution in [0.25, 0.3) is 0 Å². The van der Waals surface area contributed by atoms with Crippen molar-refractivity contribution in [1.29, 1.82) is 0 Å². The molecule has 1 fully saturated rings. The second kappa shape index (κ2) is 45.4. The van der Waals surface area contributed by atoms with Crippen LogP contribution < -0.4 is 0 Å². The van der Waals surface area contributed by atoms with Crippen LogP contribution in [-0.4, -0.2) is 0 Å². The Balaban J connectivity index is 0.000000412. The van der Waals surface area contributed by atoms with Crippen LogP contribution in [0.3, 0.4) is 0 Å². The third-order valence-corrected chi connectivity index (χ3v) is 21.6. The molecule has 0 aliphatic heterocycles. The van der Waals surface area contributed by atoms with Crippen LogP contribution in [0.1, 0.15) is 405 Å². The van der Waals surface area contributed by atoms with E-state index in [4.69, 9.17) is 35.3 Å². The molecule has 8 heteroatoms. The van der Waals surface area contributed by atoms with Gasteiger partial charge in [0.2, 0.25) is 0 Å². The van der Waals surface area contributed by atoms with E-state index in [2.05, 4.69) is 303 Å². The molecule has 1 aliphatic carbocycles. The number of furan rings is 8. The highest BCUT2D eigenvalue weighted by Crippen LogP contribution is 2.48. The molecule has 1 saturated carbocycles. The van der Waals surface area contributed by atoms with Gasteiger partial charge in [0.05, 0.1) is 25.1 Å². The first-order valence-electron chi connectivity index (χ1n) is 41.6. The maximum atomic E-state index is 5.80. The molecule has 8 aromatic rings. The van der Waals surface area contributed by atoms with Gasteiger partial charge in [0, 0.05) is 47.3 Å². The van der Waals surface area contributed by atoms with Gasteiger partial charge in [0.1, 0.15) is 69.1 Å². The molecule has 0 radical (unpaired) electrons. The predicted octanol–water partition coefficient (Wildman–Crippen LogP) is 32.9. The van der Waals surface area contributed by atoms with E-state index in [-0.39, 0.29) is 10.8 Å². The van der Waals surface area contributed by atoms with E-state index in [0.717, 1.165) is 82.1 Å². The van der Waals surface area contributed by atoms with Gasteiger partial charge < -0.3 is 35.3 Å². The second-order valence-corrected chi connectivity index (χ2v) is 37.5. The molecule has 1 aliphatic rings. The van der Waals surface area contributed by atoms with Crippen LogP contribution >= 0.6 is 0 Å². The Morgan fingerprint density at radius 2 is 0.736 bits per heavy atom. The van der Waals surface area contributed by atoms with Crippen molar-refractivity contribution in [2.45, 2.75) is 355 Å². The largest absolute Gasteiger partial charge is 0.469 e. The number of hydrogen-bond acceptors (Lipinski definition) is 8. The zero-order valence-corrected chi connectivity index (χ0v) is 75.5. The fourth-order valence-corrected chi connectivity index (χ4v) is 15.8. The third-order valence-electron chi connectivity index (χ3n) is 21.6. The van der Waals surface area contributed by atoms with Gasteiger partial charge in [0.25, 0.3) is 0 Å². The van der Waals surface area contributed by atoms with Crippen LogP contribution in [0.15, 0.2) is 133 Å². The molecule has 6 atom stereocenters. The Morgan fingerprint density at radius 1 is 0.349 bits per heavy atom. The maximum Gasteiger partial charge on any atom is 0.108 e. The van der Waals surface area contributed by atoms with Crippen molar-refractivity contribution in [2.75, 3.05) is 0 Å². The molecule has 0 bridgehead atoms. The highest BCUT2D eigenvalue weighted by Gasteiger charge is 2.37. The molecule has 0 amide bonds. The minimum atomic E-state index is 0.250. The molecular formula is C98H162O8. The summed E-state index contributed by atoms with van der Waals surface area (Å²) in [7, 11) is 0. The lowest BCUT2D eigenvalue weighted by Crippen LogP contribution is -2.22. The van der Waals surface area contributed by atoms with Crippen molar-refractivity contribution in [2.24, 2.45) is 75.9 Å². The molecule has 0 unspecified atom stereocenters. The summed E-state index contributed by atoms with van der Waals surface area (Å²) in [6, 6.07) is 25.3. The standard InChI is InChI=1S/C15H26O.3C13H22O.C12H18O.2C11H18O.C10H16O/c1-10(2)12-8-13(16-9-12)14(11(3)4)15(5,6)7;1-9(2)12(13(4,5)6)11-8-7-10(3)14-11;1-8(2)13(9(3)4)12-7-10(5)11(6)14-12;1-6-12(10(4)5)13-7-11(8-14-13)9(2)3;1-8(2)12(10-5-6-10)11-7-4-9(3)13-11;1-8(2)11(9(3)4)10-6-5-7-12-10;1-5-10(8(2)3)11-6-9(4)7-12-11;1-7(2)9(4)10-6-5-8(3)11-10/h8-11,14H,1-7H3;7-9,12H,1-6H3;7-9,13H,1-6H3;7-10,12H,6H2,1-5H3;4,7-8,10,12H,5-6H2,1-3H3;5-9,11H,1-4H3;6-8,10H,5H2,1-4H3;5-7,9H,1-4H3/t14-;12-;;2*12-;;10-;9-/m00.01.00/s1. The normalized spacial score (nSPS) is 14.3. The molecule has 8 heterocycles. The molecule has 0 spiro atoms. The summed E-state index contributed by atoms with van der Waals surface area (Å²) in [5, 5.41) is 0. The van der Waals surface area contributed by atoms with Gasteiger partial charge in [-0.05, 0) is 250 Å². The minimum Gasteiger partial charge on any atom is -0.469 e. The SMILES string of the molecule is CC(C)C(c1ccco1)C(C)C.CC(C)c1coc([C@H](C(C)C)C(C)(C)C)c1.CC[C@H](c1cc(C(C)C)co1)C(C)C.CC[C@H](c1cc(C)co1)C(C)C.Cc1cc(C(C(C)C)C(C)C)oc1C.Cc1ccc([C@@H](C)C(C)C)o1.Cc1ccc([C@H](C(C)C)C(C)(C)C)o1.Cc1ccc([C@H](C(C)C)C2CC2)o1. The lowest BCUT2D eigenvalue weighted by Gasteiger charge is -2.32. The summed E-state index contributed by atoms with van der Waals surface area (Å²) < 4.78 is 45.1. The van der Waals surface area contributed by atoms with Crippen LogP contribution in [-0.2, 0) is 0 Å². The molecule has 602 valence electrons. The van der Waals surface area contributed by atoms with Crippen molar-refractivity contribution >= 4 is 0 Å². The molecule has 8 nitrogen and oxygen atoms in total. The number of hydrogen-bond donors (Lipinski definition) is 0. The van der Waals surface area contributed by atoms with E-state index in [9.17, 15) is 0 Å². The van der Waals surface area contributed by atoms with Crippen molar-refractivity contribution in [3.8, 4) is 0 Å². The van der Waals surface area contributed by atoms with Crippen molar-refractivity contribution in [3.63, 3.8) is 0 Å². The van der Waals surface area contributed by atoms with Gasteiger partial charge in [0.15, 0.2) is 0 Å². The lowest BCUT2D eigenvalue weighted by atomic mass is 9.73.